The van der Waals surface area contributed by atoms with Crippen LogP contribution in [0.5, 0.6) is 0 Å². The van der Waals surface area contributed by atoms with Crippen molar-refractivity contribution in [1.82, 2.24) is 10.6 Å². The minimum atomic E-state index is -4.29. The van der Waals surface area contributed by atoms with Crippen LogP contribution < -0.4 is 10.6 Å². The van der Waals surface area contributed by atoms with Crippen molar-refractivity contribution >= 4 is 5.96 Å². The first-order valence-electron chi connectivity index (χ1n) is 8.11. The van der Waals surface area contributed by atoms with E-state index in [0.29, 0.717) is 18.2 Å². The molecular weight excluding hydrogens is 319 g/mol. The third kappa shape index (κ3) is 8.76. The van der Waals surface area contributed by atoms with Gasteiger partial charge in [0.2, 0.25) is 0 Å². The molecular formula is C17H26F3N3O. The number of ether oxygens (including phenoxy) is 1. The van der Waals surface area contributed by atoms with Gasteiger partial charge in [0, 0.05) is 12.6 Å². The zero-order valence-electron chi connectivity index (χ0n) is 14.4. The normalized spacial score (nSPS) is 13.7. The summed E-state index contributed by atoms with van der Waals surface area (Å²) in [5, 5.41) is 6.49. The molecule has 0 amide bonds. The standard InChI is InChI=1S/C17H26F3N3O/c1-4-13(3)23-16(21-5-2)22-10-14-6-8-15(9-7-14)11-24-12-17(18,19)20/h6-9,13H,4-5,10-12H2,1-3H3,(H2,21,22,23). The molecule has 0 saturated carbocycles. The third-order valence-electron chi connectivity index (χ3n) is 3.32. The molecule has 0 saturated heterocycles. The van der Waals surface area contributed by atoms with Gasteiger partial charge in [-0.05, 0) is 31.4 Å². The van der Waals surface area contributed by atoms with Crippen LogP contribution in [0.25, 0.3) is 0 Å². The van der Waals surface area contributed by atoms with E-state index >= 15 is 0 Å². The fraction of sp³-hybridized carbons (Fsp3) is 0.588. The van der Waals surface area contributed by atoms with Crippen LogP contribution in [0, 0.1) is 0 Å². The first-order chi connectivity index (χ1) is 11.3. The number of benzene rings is 1. The molecule has 0 fully saturated rings. The van der Waals surface area contributed by atoms with Crippen LogP contribution in [-0.4, -0.2) is 31.3 Å². The monoisotopic (exact) mass is 345 g/mol. The summed E-state index contributed by atoms with van der Waals surface area (Å²) in [6.45, 7) is 6.17. The molecule has 0 aliphatic carbocycles. The van der Waals surface area contributed by atoms with E-state index < -0.39 is 12.8 Å². The molecule has 0 bridgehead atoms. The van der Waals surface area contributed by atoms with Crippen LogP contribution in [0.3, 0.4) is 0 Å². The number of aliphatic imine (C=N–C) groups is 1. The molecule has 7 heteroatoms. The molecule has 24 heavy (non-hydrogen) atoms. The first-order valence-corrected chi connectivity index (χ1v) is 8.11. The van der Waals surface area contributed by atoms with Crippen molar-refractivity contribution in [2.75, 3.05) is 13.2 Å². The summed E-state index contributed by atoms with van der Waals surface area (Å²) in [6, 6.07) is 7.55. The van der Waals surface area contributed by atoms with Gasteiger partial charge >= 0.3 is 6.18 Å². The average Bonchev–Trinajstić information content (AvgIpc) is 2.52. The van der Waals surface area contributed by atoms with Gasteiger partial charge in [0.05, 0.1) is 13.2 Å². The lowest BCUT2D eigenvalue weighted by atomic mass is 10.1. The predicted molar refractivity (Wildman–Crippen MR) is 89.9 cm³/mol. The average molecular weight is 345 g/mol. The highest BCUT2D eigenvalue weighted by Crippen LogP contribution is 2.16. The lowest BCUT2D eigenvalue weighted by molar-refractivity contribution is -0.176. The largest absolute Gasteiger partial charge is 0.411 e. The zero-order valence-corrected chi connectivity index (χ0v) is 14.4. The fourth-order valence-electron chi connectivity index (χ4n) is 1.85. The summed E-state index contributed by atoms with van der Waals surface area (Å²) in [6.07, 6.45) is -3.29. The second-order valence-electron chi connectivity index (χ2n) is 5.57. The second-order valence-corrected chi connectivity index (χ2v) is 5.57. The Balaban J connectivity index is 2.53. The molecule has 0 radical (unpaired) electrons. The number of rotatable bonds is 8. The van der Waals surface area contributed by atoms with Gasteiger partial charge in [-0.25, -0.2) is 4.99 Å². The van der Waals surface area contributed by atoms with Gasteiger partial charge < -0.3 is 15.4 Å². The van der Waals surface area contributed by atoms with Gasteiger partial charge in [-0.1, -0.05) is 31.2 Å². The Labute approximate surface area is 141 Å². The van der Waals surface area contributed by atoms with Crippen molar-refractivity contribution in [2.45, 2.75) is 52.6 Å². The number of halogens is 3. The quantitative estimate of drug-likeness (QED) is 0.559. The van der Waals surface area contributed by atoms with E-state index in [4.69, 9.17) is 0 Å². The van der Waals surface area contributed by atoms with Gasteiger partial charge in [0.25, 0.3) is 0 Å². The number of nitrogens with one attached hydrogen (secondary N) is 2. The molecule has 1 unspecified atom stereocenters. The molecule has 0 aromatic heterocycles. The summed E-state index contributed by atoms with van der Waals surface area (Å²) in [5.41, 5.74) is 1.69. The summed E-state index contributed by atoms with van der Waals surface area (Å²) in [4.78, 5) is 4.51. The van der Waals surface area contributed by atoms with Crippen molar-refractivity contribution in [3.05, 3.63) is 35.4 Å². The minimum absolute atomic E-state index is 0.0543. The predicted octanol–water partition coefficient (Wildman–Crippen LogP) is 3.62. The molecule has 4 nitrogen and oxygen atoms in total. The Bertz CT molecular complexity index is 501. The van der Waals surface area contributed by atoms with E-state index in [1.54, 1.807) is 12.1 Å². The first kappa shape index (κ1) is 20.3. The summed E-state index contributed by atoms with van der Waals surface area (Å²) in [5.74, 6) is 0.754. The van der Waals surface area contributed by atoms with Crippen LogP contribution in [0.1, 0.15) is 38.3 Å². The minimum Gasteiger partial charge on any atom is -0.367 e. The Hall–Kier alpha value is -1.76. The van der Waals surface area contributed by atoms with Crippen LogP contribution in [0.15, 0.2) is 29.3 Å². The van der Waals surface area contributed by atoms with E-state index in [2.05, 4.69) is 34.2 Å². The summed E-state index contributed by atoms with van der Waals surface area (Å²) in [7, 11) is 0. The molecule has 1 aromatic rings. The summed E-state index contributed by atoms with van der Waals surface area (Å²) >= 11 is 0. The molecule has 1 aromatic carbocycles. The number of guanidine groups is 1. The molecule has 0 heterocycles. The molecule has 0 aliphatic heterocycles. The maximum Gasteiger partial charge on any atom is 0.411 e. The third-order valence-corrected chi connectivity index (χ3v) is 3.32. The lowest BCUT2D eigenvalue weighted by Crippen LogP contribution is -2.41. The Kier molecular flexibility index (Phi) is 8.60. The van der Waals surface area contributed by atoms with Gasteiger partial charge in [-0.2, -0.15) is 13.2 Å². The van der Waals surface area contributed by atoms with E-state index in [1.165, 1.54) is 0 Å². The van der Waals surface area contributed by atoms with Gasteiger partial charge in [0.15, 0.2) is 5.96 Å². The van der Waals surface area contributed by atoms with Crippen molar-refractivity contribution in [3.8, 4) is 0 Å². The van der Waals surface area contributed by atoms with Gasteiger partial charge in [0.1, 0.15) is 6.61 Å². The Morgan fingerprint density at radius 1 is 1.17 bits per heavy atom. The van der Waals surface area contributed by atoms with E-state index in [1.807, 2.05) is 19.1 Å². The second kappa shape index (κ2) is 10.2. The van der Waals surface area contributed by atoms with Gasteiger partial charge in [-0.15, -0.1) is 0 Å². The molecule has 2 N–H and O–H groups in total. The zero-order chi connectivity index (χ0) is 18.0. The van der Waals surface area contributed by atoms with Gasteiger partial charge in [-0.3, -0.25) is 0 Å². The van der Waals surface area contributed by atoms with Crippen molar-refractivity contribution < 1.29 is 17.9 Å². The highest BCUT2D eigenvalue weighted by atomic mass is 19.4. The Morgan fingerprint density at radius 3 is 2.33 bits per heavy atom. The van der Waals surface area contributed by atoms with E-state index in [0.717, 1.165) is 24.5 Å². The van der Waals surface area contributed by atoms with Crippen molar-refractivity contribution in [3.63, 3.8) is 0 Å². The van der Waals surface area contributed by atoms with E-state index in [-0.39, 0.29) is 6.61 Å². The van der Waals surface area contributed by atoms with Crippen LogP contribution >= 0.6 is 0 Å². The molecule has 0 aliphatic rings. The number of hydrogen-bond donors (Lipinski definition) is 2. The van der Waals surface area contributed by atoms with Crippen molar-refractivity contribution in [1.29, 1.82) is 0 Å². The maximum absolute atomic E-state index is 12.0. The summed E-state index contributed by atoms with van der Waals surface area (Å²) < 4.78 is 40.7. The number of hydrogen-bond acceptors (Lipinski definition) is 2. The van der Waals surface area contributed by atoms with Crippen molar-refractivity contribution in [2.24, 2.45) is 4.99 Å². The highest BCUT2D eigenvalue weighted by Gasteiger charge is 2.27. The molecule has 1 atom stereocenters. The maximum atomic E-state index is 12.0. The highest BCUT2D eigenvalue weighted by molar-refractivity contribution is 5.80. The smallest absolute Gasteiger partial charge is 0.367 e. The Morgan fingerprint density at radius 2 is 1.79 bits per heavy atom. The van der Waals surface area contributed by atoms with Crippen LogP contribution in [-0.2, 0) is 17.9 Å². The van der Waals surface area contributed by atoms with Crippen LogP contribution in [0.2, 0.25) is 0 Å². The van der Waals surface area contributed by atoms with E-state index in [9.17, 15) is 13.2 Å². The molecule has 136 valence electrons. The number of nitrogens with zero attached hydrogens (tertiary/aromatic N) is 1. The molecule has 1 rings (SSSR count). The number of alkyl halides is 3. The fourth-order valence-corrected chi connectivity index (χ4v) is 1.85. The SMILES string of the molecule is CCNC(=NCc1ccc(COCC(F)(F)F)cc1)NC(C)CC. The molecule has 0 spiro atoms. The topological polar surface area (TPSA) is 45.7 Å². The van der Waals surface area contributed by atoms with Crippen LogP contribution in [0.4, 0.5) is 13.2 Å². The lowest BCUT2D eigenvalue weighted by Gasteiger charge is -2.16.